The van der Waals surface area contributed by atoms with Gasteiger partial charge in [-0.1, -0.05) is 35.9 Å². The van der Waals surface area contributed by atoms with Gasteiger partial charge in [0.05, 0.1) is 44.0 Å². The number of hydrogen-bond acceptors (Lipinski definition) is 9. The van der Waals surface area contributed by atoms with Crippen LogP contribution in [0.4, 0.5) is 0 Å². The fourth-order valence-corrected chi connectivity index (χ4v) is 5.59. The molecule has 1 saturated heterocycles. The third-order valence-corrected chi connectivity index (χ3v) is 7.71. The number of carbonyl (C=O) groups is 2. The molecule has 1 aromatic carbocycles. The highest BCUT2D eigenvalue weighted by Gasteiger charge is 2.31. The highest BCUT2D eigenvalue weighted by atomic mass is 16.5. The van der Waals surface area contributed by atoms with Crippen LogP contribution >= 0.6 is 0 Å². The van der Waals surface area contributed by atoms with Gasteiger partial charge >= 0.3 is 0 Å². The van der Waals surface area contributed by atoms with Crippen molar-refractivity contribution in [3.63, 3.8) is 0 Å². The van der Waals surface area contributed by atoms with Crippen LogP contribution in [0.1, 0.15) is 40.2 Å². The topological polar surface area (TPSA) is 137 Å². The van der Waals surface area contributed by atoms with Crippen molar-refractivity contribution in [3.8, 4) is 23.3 Å². The number of aromatic amines is 1. The van der Waals surface area contributed by atoms with E-state index >= 15 is 0 Å². The van der Waals surface area contributed by atoms with E-state index in [1.54, 1.807) is 32.1 Å². The number of ether oxygens (including phenoxy) is 3. The van der Waals surface area contributed by atoms with Gasteiger partial charge in [0.25, 0.3) is 11.7 Å². The minimum atomic E-state index is -0.627. The van der Waals surface area contributed by atoms with Gasteiger partial charge in [0, 0.05) is 30.9 Å². The quantitative estimate of drug-likeness (QED) is 0.207. The Morgan fingerprint density at radius 3 is 2.34 bits per heavy atom. The first kappa shape index (κ1) is 28.6. The van der Waals surface area contributed by atoms with Gasteiger partial charge in [-0.05, 0) is 37.0 Å². The molecule has 1 aliphatic rings. The average Bonchev–Trinajstić information content (AvgIpc) is 3.71. The third-order valence-electron chi connectivity index (χ3n) is 7.71. The number of Topliss-reactive ketones (excluding diaryl/α,β-unsaturated/α-hetero) is 1. The molecule has 224 valence electrons. The second kappa shape index (κ2) is 12.0. The van der Waals surface area contributed by atoms with Crippen LogP contribution in [0.25, 0.3) is 22.3 Å². The second-order valence-corrected chi connectivity index (χ2v) is 10.2. The van der Waals surface area contributed by atoms with E-state index in [-0.39, 0.29) is 5.56 Å². The monoisotopic (exact) mass is 593 g/mol. The summed E-state index contributed by atoms with van der Waals surface area (Å²) in [6.45, 7) is 2.53. The number of nitrogens with one attached hydrogen (secondary N) is 1. The molecule has 44 heavy (non-hydrogen) atoms. The summed E-state index contributed by atoms with van der Waals surface area (Å²) < 4.78 is 18.0. The number of ketones is 1. The van der Waals surface area contributed by atoms with E-state index in [2.05, 4.69) is 25.0 Å². The van der Waals surface area contributed by atoms with Crippen molar-refractivity contribution in [2.24, 2.45) is 0 Å². The SMILES string of the molecule is COc1ccc(C(=C2CCN(C(=O)C(=O)c3c[nH]c4c(-n5cnc(C)n5)ncc(OC)c34)CC2)c2ccccc2)c(OC)n1. The molecule has 1 N–H and O–H groups in total. The van der Waals surface area contributed by atoms with Crippen LogP contribution in [0, 0.1) is 6.92 Å². The number of nitrogens with zero attached hydrogens (tertiary/aromatic N) is 6. The molecule has 12 nitrogen and oxygen atoms in total. The number of hydrogen-bond donors (Lipinski definition) is 1. The molecular formula is C32H31N7O5. The fourth-order valence-electron chi connectivity index (χ4n) is 5.59. The Kier molecular flexibility index (Phi) is 7.80. The Morgan fingerprint density at radius 1 is 0.909 bits per heavy atom. The average molecular weight is 594 g/mol. The van der Waals surface area contributed by atoms with Crippen molar-refractivity contribution >= 4 is 28.2 Å². The third kappa shape index (κ3) is 5.14. The maximum absolute atomic E-state index is 13.7. The summed E-state index contributed by atoms with van der Waals surface area (Å²) in [5.41, 5.74) is 4.72. The lowest BCUT2D eigenvalue weighted by Gasteiger charge is -2.30. The van der Waals surface area contributed by atoms with Gasteiger partial charge in [0.1, 0.15) is 17.9 Å². The Balaban J connectivity index is 1.30. The summed E-state index contributed by atoms with van der Waals surface area (Å²) in [6, 6.07) is 13.8. The van der Waals surface area contributed by atoms with Crippen LogP contribution in [0.15, 0.2) is 66.8 Å². The van der Waals surface area contributed by atoms with E-state index < -0.39 is 11.7 Å². The molecule has 0 spiro atoms. The van der Waals surface area contributed by atoms with Crippen LogP contribution in [0.2, 0.25) is 0 Å². The highest BCUT2D eigenvalue weighted by Crippen LogP contribution is 2.37. The summed E-state index contributed by atoms with van der Waals surface area (Å²) in [6.07, 6.45) is 5.73. The minimum absolute atomic E-state index is 0.211. The number of piperidine rings is 1. The Morgan fingerprint density at radius 2 is 1.68 bits per heavy atom. The Labute approximate surface area is 253 Å². The molecule has 1 fully saturated rings. The number of rotatable bonds is 8. The minimum Gasteiger partial charge on any atom is -0.494 e. The highest BCUT2D eigenvalue weighted by molar-refractivity contribution is 6.45. The van der Waals surface area contributed by atoms with Gasteiger partial charge in [-0.15, -0.1) is 0 Å². The van der Waals surface area contributed by atoms with Gasteiger partial charge in [-0.3, -0.25) is 9.59 Å². The molecule has 0 radical (unpaired) electrons. The lowest BCUT2D eigenvalue weighted by atomic mass is 9.88. The molecule has 0 unspecified atom stereocenters. The number of amides is 1. The molecule has 0 aliphatic carbocycles. The summed E-state index contributed by atoms with van der Waals surface area (Å²) in [7, 11) is 4.64. The zero-order valence-electron chi connectivity index (χ0n) is 24.8. The van der Waals surface area contributed by atoms with E-state index in [9.17, 15) is 9.59 Å². The Hall–Kier alpha value is -5.52. The summed E-state index contributed by atoms with van der Waals surface area (Å²) in [5.74, 6) is 1.09. The zero-order chi connectivity index (χ0) is 30.8. The molecule has 4 aromatic heterocycles. The normalized spacial score (nSPS) is 13.2. The van der Waals surface area contributed by atoms with Crippen molar-refractivity contribution in [3.05, 3.63) is 89.3 Å². The van der Waals surface area contributed by atoms with Gasteiger partial charge in [-0.2, -0.15) is 10.1 Å². The number of aromatic nitrogens is 6. The molecular weight excluding hydrogens is 562 g/mol. The lowest BCUT2D eigenvalue weighted by molar-refractivity contribution is -0.126. The van der Waals surface area contributed by atoms with E-state index in [0.717, 1.165) is 22.3 Å². The molecule has 6 rings (SSSR count). The molecule has 0 bridgehead atoms. The first-order valence-corrected chi connectivity index (χ1v) is 14.1. The van der Waals surface area contributed by atoms with Crippen molar-refractivity contribution in [2.45, 2.75) is 19.8 Å². The fraction of sp³-hybridized carbons (Fsp3) is 0.250. The molecule has 12 heteroatoms. The van der Waals surface area contributed by atoms with E-state index in [1.807, 2.05) is 36.4 Å². The number of carbonyl (C=O) groups excluding carboxylic acids is 2. The number of likely N-dealkylation sites (tertiary alicyclic amines) is 1. The number of H-pyrrole nitrogens is 1. The van der Waals surface area contributed by atoms with E-state index in [0.29, 0.717) is 66.0 Å². The second-order valence-electron chi connectivity index (χ2n) is 10.2. The van der Waals surface area contributed by atoms with Gasteiger partial charge in [-0.25, -0.2) is 14.6 Å². The van der Waals surface area contributed by atoms with Crippen LogP contribution in [-0.4, -0.2) is 80.7 Å². The molecule has 0 atom stereocenters. The van der Waals surface area contributed by atoms with Crippen molar-refractivity contribution < 1.29 is 23.8 Å². The predicted molar refractivity (Wildman–Crippen MR) is 162 cm³/mol. The largest absolute Gasteiger partial charge is 0.494 e. The van der Waals surface area contributed by atoms with Gasteiger partial charge in [0.15, 0.2) is 5.82 Å². The first-order chi connectivity index (χ1) is 21.4. The lowest BCUT2D eigenvalue weighted by Crippen LogP contribution is -2.40. The number of aryl methyl sites for hydroxylation is 1. The molecule has 1 amide bonds. The molecule has 1 aliphatic heterocycles. The number of benzene rings is 1. The summed E-state index contributed by atoms with van der Waals surface area (Å²) in [5, 5.41) is 4.80. The summed E-state index contributed by atoms with van der Waals surface area (Å²) >= 11 is 0. The van der Waals surface area contributed by atoms with E-state index in [4.69, 9.17) is 14.2 Å². The van der Waals surface area contributed by atoms with Crippen LogP contribution in [0.3, 0.4) is 0 Å². The molecule has 5 aromatic rings. The standard InChI is InChI=1S/C32H31N7O5/c1-19-35-18-39(37-19)30-28-27(24(42-2)17-34-30)23(16-33-28)29(40)32(41)38-14-12-21(13-15-38)26(20-8-6-5-7-9-20)22-10-11-25(43-3)36-31(22)44-4/h5-11,16-18,33H,12-15H2,1-4H3. The Bertz CT molecular complexity index is 1880. The summed E-state index contributed by atoms with van der Waals surface area (Å²) in [4.78, 5) is 45.1. The van der Waals surface area contributed by atoms with Crippen molar-refractivity contribution in [1.82, 2.24) is 34.6 Å². The van der Waals surface area contributed by atoms with Crippen LogP contribution in [0.5, 0.6) is 17.5 Å². The maximum atomic E-state index is 13.7. The van der Waals surface area contributed by atoms with Crippen molar-refractivity contribution in [2.75, 3.05) is 34.4 Å². The first-order valence-electron chi connectivity index (χ1n) is 14.1. The van der Waals surface area contributed by atoms with E-state index in [1.165, 1.54) is 30.5 Å². The van der Waals surface area contributed by atoms with Crippen LogP contribution < -0.4 is 14.2 Å². The molecule has 0 saturated carbocycles. The van der Waals surface area contributed by atoms with Gasteiger partial charge < -0.3 is 24.1 Å². The smallest absolute Gasteiger partial charge is 0.295 e. The molecule has 5 heterocycles. The van der Waals surface area contributed by atoms with Crippen LogP contribution in [-0.2, 0) is 4.79 Å². The number of fused-ring (bicyclic) bond motifs is 1. The van der Waals surface area contributed by atoms with Crippen molar-refractivity contribution in [1.29, 1.82) is 0 Å². The number of pyridine rings is 2. The van der Waals surface area contributed by atoms with Gasteiger partial charge in [0.2, 0.25) is 11.8 Å². The maximum Gasteiger partial charge on any atom is 0.295 e. The zero-order valence-corrected chi connectivity index (χ0v) is 24.8. The number of methoxy groups -OCH3 is 3. The predicted octanol–water partition coefficient (Wildman–Crippen LogP) is 4.18.